The molecule has 0 aromatic heterocycles. The molecule has 1 aromatic carbocycles. The van der Waals surface area contributed by atoms with Gasteiger partial charge >= 0.3 is 0 Å². The van der Waals surface area contributed by atoms with Crippen molar-refractivity contribution in [1.82, 2.24) is 0 Å². The van der Waals surface area contributed by atoms with Gasteiger partial charge in [0, 0.05) is 17.7 Å². The summed E-state index contributed by atoms with van der Waals surface area (Å²) in [7, 11) is -3.13. The van der Waals surface area contributed by atoms with E-state index >= 15 is 0 Å². The summed E-state index contributed by atoms with van der Waals surface area (Å²) in [6, 6.07) is 5.59. The van der Waals surface area contributed by atoms with Gasteiger partial charge in [0.05, 0.1) is 5.25 Å². The molecule has 0 unspecified atom stereocenters. The summed E-state index contributed by atoms with van der Waals surface area (Å²) < 4.78 is 36.3. The van der Waals surface area contributed by atoms with Crippen LogP contribution in [-0.2, 0) is 9.84 Å². The first-order valence-corrected chi connectivity index (χ1v) is 6.91. The van der Waals surface area contributed by atoms with E-state index in [1.807, 2.05) is 0 Å². The molecule has 1 aliphatic carbocycles. The molecule has 1 aromatic rings. The molecule has 3 atom stereocenters. The van der Waals surface area contributed by atoms with E-state index < -0.39 is 21.1 Å². The second-order valence-electron chi connectivity index (χ2n) is 4.07. The van der Waals surface area contributed by atoms with Crippen molar-refractivity contribution in [2.75, 3.05) is 5.75 Å². The Kier molecular flexibility index (Phi) is 2.75. The summed E-state index contributed by atoms with van der Waals surface area (Å²) in [5.41, 5.74) is 6.43. The lowest BCUT2D eigenvalue weighted by molar-refractivity contribution is 0.594. The molecular weight excluding hydrogens is 229 g/mol. The van der Waals surface area contributed by atoms with Crippen molar-refractivity contribution in [1.29, 1.82) is 0 Å². The minimum atomic E-state index is -3.13. The maximum Gasteiger partial charge on any atom is 0.155 e. The number of rotatable bonds is 3. The van der Waals surface area contributed by atoms with Crippen LogP contribution >= 0.6 is 0 Å². The monoisotopic (exact) mass is 243 g/mol. The van der Waals surface area contributed by atoms with Gasteiger partial charge in [0.15, 0.2) is 9.84 Å². The molecule has 0 spiro atoms. The van der Waals surface area contributed by atoms with Gasteiger partial charge in [-0.2, -0.15) is 0 Å². The Labute approximate surface area is 94.4 Å². The molecule has 3 nitrogen and oxygen atoms in total. The summed E-state index contributed by atoms with van der Waals surface area (Å²) >= 11 is 0. The largest absolute Gasteiger partial charge is 0.326 e. The SMILES string of the molecule is CCS(=O)(=O)[C@@H]1[C@@H](N)[C@@H]1c1cccc(F)c1. The highest BCUT2D eigenvalue weighted by Crippen LogP contribution is 2.45. The minimum Gasteiger partial charge on any atom is -0.326 e. The number of benzene rings is 1. The normalized spacial score (nSPS) is 29.1. The van der Waals surface area contributed by atoms with Gasteiger partial charge < -0.3 is 5.73 Å². The summed E-state index contributed by atoms with van der Waals surface area (Å²) in [4.78, 5) is 0. The molecule has 0 amide bonds. The van der Waals surface area contributed by atoms with E-state index in [1.54, 1.807) is 19.1 Å². The third-order valence-electron chi connectivity index (χ3n) is 3.06. The van der Waals surface area contributed by atoms with E-state index in [9.17, 15) is 12.8 Å². The number of sulfone groups is 1. The van der Waals surface area contributed by atoms with Crippen LogP contribution in [0, 0.1) is 5.82 Å². The van der Waals surface area contributed by atoms with Crippen molar-refractivity contribution in [2.45, 2.75) is 24.1 Å². The van der Waals surface area contributed by atoms with E-state index in [0.717, 1.165) is 0 Å². The molecule has 1 aliphatic rings. The Bertz CT molecular complexity index is 500. The van der Waals surface area contributed by atoms with Crippen LogP contribution in [0.25, 0.3) is 0 Å². The van der Waals surface area contributed by atoms with Gasteiger partial charge in [0.1, 0.15) is 5.82 Å². The second kappa shape index (κ2) is 3.82. The standard InChI is InChI=1S/C11H14FNO2S/c1-2-16(14,15)11-9(10(11)13)7-4-3-5-8(12)6-7/h3-6,9-11H,2,13H2,1H3/t9-,10-,11-/m0/s1. The van der Waals surface area contributed by atoms with Crippen molar-refractivity contribution in [3.8, 4) is 0 Å². The molecule has 0 radical (unpaired) electrons. The lowest BCUT2D eigenvalue weighted by Crippen LogP contribution is -2.17. The number of hydrogen-bond donors (Lipinski definition) is 1. The van der Waals surface area contributed by atoms with Crippen molar-refractivity contribution in [3.63, 3.8) is 0 Å². The summed E-state index contributed by atoms with van der Waals surface area (Å²) in [5, 5.41) is -0.542. The van der Waals surface area contributed by atoms with Crippen LogP contribution in [0.3, 0.4) is 0 Å². The minimum absolute atomic E-state index is 0.0805. The van der Waals surface area contributed by atoms with Crippen LogP contribution in [0.4, 0.5) is 4.39 Å². The van der Waals surface area contributed by atoms with Gasteiger partial charge in [-0.3, -0.25) is 0 Å². The number of halogens is 1. The van der Waals surface area contributed by atoms with Gasteiger partial charge in [-0.1, -0.05) is 19.1 Å². The fourth-order valence-corrected chi connectivity index (χ4v) is 3.81. The zero-order valence-corrected chi connectivity index (χ0v) is 9.75. The first-order chi connectivity index (χ1) is 7.47. The molecule has 5 heteroatoms. The van der Waals surface area contributed by atoms with Gasteiger partial charge in [0.25, 0.3) is 0 Å². The van der Waals surface area contributed by atoms with E-state index in [0.29, 0.717) is 5.56 Å². The highest BCUT2D eigenvalue weighted by Gasteiger charge is 2.55. The quantitative estimate of drug-likeness (QED) is 0.863. The zero-order valence-electron chi connectivity index (χ0n) is 8.93. The average Bonchev–Trinajstić information content (AvgIpc) is 2.91. The van der Waals surface area contributed by atoms with Crippen molar-refractivity contribution >= 4 is 9.84 Å². The van der Waals surface area contributed by atoms with Crippen LogP contribution in [0.5, 0.6) is 0 Å². The van der Waals surface area contributed by atoms with Crippen molar-refractivity contribution < 1.29 is 12.8 Å². The van der Waals surface area contributed by atoms with Crippen LogP contribution in [0.1, 0.15) is 18.4 Å². The van der Waals surface area contributed by atoms with E-state index in [1.165, 1.54) is 12.1 Å². The predicted molar refractivity (Wildman–Crippen MR) is 60.4 cm³/mol. The molecule has 2 rings (SSSR count). The molecule has 16 heavy (non-hydrogen) atoms. The first-order valence-electron chi connectivity index (χ1n) is 5.20. The first kappa shape index (κ1) is 11.5. The fraction of sp³-hybridized carbons (Fsp3) is 0.455. The smallest absolute Gasteiger partial charge is 0.155 e. The zero-order chi connectivity index (χ0) is 11.9. The van der Waals surface area contributed by atoms with Gasteiger partial charge in [-0.25, -0.2) is 12.8 Å². The summed E-state index contributed by atoms with van der Waals surface area (Å²) in [6.07, 6.45) is 0. The molecule has 88 valence electrons. The van der Waals surface area contributed by atoms with Gasteiger partial charge in [-0.15, -0.1) is 0 Å². The van der Waals surface area contributed by atoms with Crippen LogP contribution in [0.2, 0.25) is 0 Å². The number of hydrogen-bond acceptors (Lipinski definition) is 3. The lowest BCUT2D eigenvalue weighted by atomic mass is 10.1. The van der Waals surface area contributed by atoms with Crippen molar-refractivity contribution in [3.05, 3.63) is 35.6 Å². The van der Waals surface area contributed by atoms with Gasteiger partial charge in [0.2, 0.25) is 0 Å². The Balaban J connectivity index is 2.27. The Morgan fingerprint density at radius 1 is 1.44 bits per heavy atom. The van der Waals surface area contributed by atoms with Crippen LogP contribution in [-0.4, -0.2) is 25.5 Å². The fourth-order valence-electron chi connectivity index (χ4n) is 2.09. The Morgan fingerprint density at radius 2 is 2.12 bits per heavy atom. The third kappa shape index (κ3) is 1.85. The van der Waals surface area contributed by atoms with Crippen LogP contribution < -0.4 is 5.73 Å². The molecule has 2 N–H and O–H groups in total. The Hall–Kier alpha value is -0.940. The summed E-state index contributed by atoms with van der Waals surface area (Å²) in [5.74, 6) is -0.526. The number of nitrogens with two attached hydrogens (primary N) is 1. The molecule has 0 saturated heterocycles. The van der Waals surface area contributed by atoms with Crippen LogP contribution in [0.15, 0.2) is 24.3 Å². The van der Waals surface area contributed by atoms with E-state index in [2.05, 4.69) is 0 Å². The molecule has 1 saturated carbocycles. The Morgan fingerprint density at radius 3 is 2.69 bits per heavy atom. The van der Waals surface area contributed by atoms with E-state index in [-0.39, 0.29) is 17.5 Å². The van der Waals surface area contributed by atoms with E-state index in [4.69, 9.17) is 5.73 Å². The predicted octanol–water partition coefficient (Wildman–Crippen LogP) is 1.05. The van der Waals surface area contributed by atoms with Gasteiger partial charge in [-0.05, 0) is 17.7 Å². The average molecular weight is 243 g/mol. The maximum absolute atomic E-state index is 13.0. The lowest BCUT2D eigenvalue weighted by Gasteiger charge is -2.00. The maximum atomic E-state index is 13.0. The molecule has 0 heterocycles. The topological polar surface area (TPSA) is 60.2 Å². The molecule has 0 bridgehead atoms. The highest BCUT2D eigenvalue weighted by atomic mass is 32.2. The molecule has 0 aliphatic heterocycles. The molecular formula is C11H14FNO2S. The molecule has 1 fully saturated rings. The summed E-state index contributed by atoms with van der Waals surface area (Å²) in [6.45, 7) is 1.60. The second-order valence-corrected chi connectivity index (χ2v) is 6.52. The van der Waals surface area contributed by atoms with Crippen molar-refractivity contribution in [2.24, 2.45) is 5.73 Å². The highest BCUT2D eigenvalue weighted by molar-refractivity contribution is 7.92. The third-order valence-corrected chi connectivity index (χ3v) is 5.30.